The summed E-state index contributed by atoms with van der Waals surface area (Å²) >= 11 is 0. The van der Waals surface area contributed by atoms with Crippen LogP contribution in [0.4, 0.5) is 5.82 Å². The largest absolute Gasteiger partial charge is 0.452 e. The van der Waals surface area contributed by atoms with Gasteiger partial charge in [0.15, 0.2) is 17.6 Å². The molecule has 0 spiro atoms. The Bertz CT molecular complexity index is 2070. The number of carbonyl (C=O) groups excluding carboxylic acids is 3. The van der Waals surface area contributed by atoms with Gasteiger partial charge in [-0.2, -0.15) is 0 Å². The molecule has 12 nitrogen and oxygen atoms in total. The molecule has 12 heteroatoms. The molecule has 4 N–H and O–H groups in total. The summed E-state index contributed by atoms with van der Waals surface area (Å²) in [5, 5.41) is 11.0. The third-order valence-corrected chi connectivity index (χ3v) is 7.48. The standard InChI is InChI=1S/C33H29N7O5/c1-20(37-32(43)28-29(34)38-39-18-8-17-35-30(28)39)24-19-22-11-7-10-21(27(22)33(44)40(24)23-12-3-2-4-13-23)9-5-6-16-36-31(42)25-14-15-26(41)45-25/h2-4,7-8,10-13,17-20,25H,6,14-16H2,1H3,(H2,34,38)(H,36,42)(H,37,43)/t20-,25?/m0/s1. The highest BCUT2D eigenvalue weighted by Gasteiger charge is 2.29. The van der Waals surface area contributed by atoms with Crippen LogP contribution in [0.25, 0.3) is 22.1 Å². The maximum Gasteiger partial charge on any atom is 0.306 e. The van der Waals surface area contributed by atoms with E-state index in [1.165, 1.54) is 4.52 Å². The van der Waals surface area contributed by atoms with Crippen LogP contribution in [0.2, 0.25) is 0 Å². The van der Waals surface area contributed by atoms with Crippen molar-refractivity contribution in [2.75, 3.05) is 12.3 Å². The van der Waals surface area contributed by atoms with E-state index in [-0.39, 0.29) is 41.8 Å². The first-order chi connectivity index (χ1) is 21.8. The molecule has 226 valence electrons. The fraction of sp³-hybridized carbons (Fsp3) is 0.212. The third-order valence-electron chi connectivity index (χ3n) is 7.48. The van der Waals surface area contributed by atoms with E-state index in [2.05, 4.69) is 32.6 Å². The number of nitrogens with one attached hydrogen (secondary N) is 2. The number of cyclic esters (lactones) is 1. The first-order valence-corrected chi connectivity index (χ1v) is 14.4. The number of para-hydroxylation sites is 1. The molecule has 0 aliphatic carbocycles. The molecule has 0 bridgehead atoms. The number of nitrogens with zero attached hydrogens (tertiary/aromatic N) is 4. The van der Waals surface area contributed by atoms with Gasteiger partial charge in [-0.25, -0.2) is 9.50 Å². The number of esters is 1. The first-order valence-electron chi connectivity index (χ1n) is 14.4. The lowest BCUT2D eigenvalue weighted by Crippen LogP contribution is -2.34. The van der Waals surface area contributed by atoms with E-state index < -0.39 is 18.1 Å². The molecule has 2 aromatic carbocycles. The minimum absolute atomic E-state index is 0.0436. The average Bonchev–Trinajstić information content (AvgIpc) is 3.63. The average molecular weight is 604 g/mol. The van der Waals surface area contributed by atoms with Gasteiger partial charge < -0.3 is 21.1 Å². The molecule has 1 unspecified atom stereocenters. The summed E-state index contributed by atoms with van der Waals surface area (Å²) in [5.41, 5.74) is 7.95. The number of hydrogen-bond acceptors (Lipinski definition) is 8. The Morgan fingerprint density at radius 3 is 2.73 bits per heavy atom. The van der Waals surface area contributed by atoms with Gasteiger partial charge in [-0.05, 0) is 42.6 Å². The van der Waals surface area contributed by atoms with Crippen LogP contribution in [-0.4, -0.2) is 49.6 Å². The van der Waals surface area contributed by atoms with E-state index in [9.17, 15) is 19.2 Å². The molecule has 1 aliphatic rings. The molecule has 0 radical (unpaired) electrons. The highest BCUT2D eigenvalue weighted by Crippen LogP contribution is 2.24. The SMILES string of the molecule is C[C@H](NC(=O)c1c(N)nn2cccnc12)c1cc2cccc(C#CCCNC(=O)C3CCC(=O)O3)c2c(=O)n1-c1ccccc1. The van der Waals surface area contributed by atoms with Gasteiger partial charge in [0.05, 0.1) is 11.4 Å². The zero-order valence-corrected chi connectivity index (χ0v) is 24.3. The van der Waals surface area contributed by atoms with Crippen molar-refractivity contribution in [2.24, 2.45) is 0 Å². The van der Waals surface area contributed by atoms with Crippen LogP contribution in [0.15, 0.2) is 77.9 Å². The van der Waals surface area contributed by atoms with Crippen molar-refractivity contribution in [3.05, 3.63) is 100 Å². The molecule has 1 aliphatic heterocycles. The summed E-state index contributed by atoms with van der Waals surface area (Å²) in [6, 6.07) is 17.5. The minimum atomic E-state index is -0.755. The predicted molar refractivity (Wildman–Crippen MR) is 166 cm³/mol. The van der Waals surface area contributed by atoms with Gasteiger partial charge in [0.2, 0.25) is 0 Å². The van der Waals surface area contributed by atoms with Crippen LogP contribution in [0.1, 0.15) is 53.8 Å². The van der Waals surface area contributed by atoms with Gasteiger partial charge in [-0.15, -0.1) is 5.10 Å². The summed E-state index contributed by atoms with van der Waals surface area (Å²) in [7, 11) is 0. The molecule has 2 amide bonds. The minimum Gasteiger partial charge on any atom is -0.452 e. The second kappa shape index (κ2) is 12.3. The topological polar surface area (TPSA) is 163 Å². The van der Waals surface area contributed by atoms with Crippen molar-refractivity contribution in [2.45, 2.75) is 38.3 Å². The van der Waals surface area contributed by atoms with E-state index in [0.717, 1.165) is 0 Å². The van der Waals surface area contributed by atoms with Crippen molar-refractivity contribution >= 4 is 40.0 Å². The van der Waals surface area contributed by atoms with E-state index >= 15 is 0 Å². The Morgan fingerprint density at radius 1 is 1.13 bits per heavy atom. The molecule has 45 heavy (non-hydrogen) atoms. The van der Waals surface area contributed by atoms with Crippen molar-refractivity contribution < 1.29 is 19.1 Å². The molecule has 5 aromatic rings. The number of nitrogens with two attached hydrogens (primary N) is 1. The zero-order valence-electron chi connectivity index (χ0n) is 24.3. The number of rotatable bonds is 7. The van der Waals surface area contributed by atoms with Crippen LogP contribution < -0.4 is 21.9 Å². The molecule has 0 saturated carbocycles. The Labute approximate surface area is 257 Å². The van der Waals surface area contributed by atoms with Gasteiger partial charge in [-0.3, -0.25) is 23.7 Å². The molecule has 1 saturated heterocycles. The number of hydrogen-bond donors (Lipinski definition) is 3. The number of ether oxygens (including phenoxy) is 1. The van der Waals surface area contributed by atoms with E-state index in [1.807, 2.05) is 48.5 Å². The van der Waals surface area contributed by atoms with E-state index in [4.69, 9.17) is 10.5 Å². The van der Waals surface area contributed by atoms with Crippen molar-refractivity contribution in [1.29, 1.82) is 0 Å². The Balaban J connectivity index is 1.31. The number of pyridine rings is 1. The first kappa shape index (κ1) is 29.1. The number of amides is 2. The van der Waals surface area contributed by atoms with Crippen LogP contribution in [0.3, 0.4) is 0 Å². The summed E-state index contributed by atoms with van der Waals surface area (Å²) in [4.78, 5) is 55.4. The maximum absolute atomic E-state index is 14.2. The molecular weight excluding hydrogens is 574 g/mol. The summed E-state index contributed by atoms with van der Waals surface area (Å²) in [6.45, 7) is 2.06. The number of fused-ring (bicyclic) bond motifs is 2. The zero-order chi connectivity index (χ0) is 31.5. The van der Waals surface area contributed by atoms with Crippen LogP contribution in [0, 0.1) is 11.8 Å². The maximum atomic E-state index is 14.2. The second-order valence-electron chi connectivity index (χ2n) is 10.5. The summed E-state index contributed by atoms with van der Waals surface area (Å²) in [5.74, 6) is 4.97. The molecule has 2 atom stereocenters. The van der Waals surface area contributed by atoms with Gasteiger partial charge in [0.1, 0.15) is 5.56 Å². The van der Waals surface area contributed by atoms with E-state index in [0.29, 0.717) is 46.2 Å². The van der Waals surface area contributed by atoms with Gasteiger partial charge in [0.25, 0.3) is 17.4 Å². The second-order valence-corrected chi connectivity index (χ2v) is 10.5. The normalized spacial score (nSPS) is 14.9. The fourth-order valence-electron chi connectivity index (χ4n) is 5.34. The Kier molecular flexibility index (Phi) is 7.99. The van der Waals surface area contributed by atoms with Crippen LogP contribution in [-0.2, 0) is 14.3 Å². The predicted octanol–water partition coefficient (Wildman–Crippen LogP) is 2.67. The molecule has 1 fully saturated rings. The molecule has 6 rings (SSSR count). The highest BCUT2D eigenvalue weighted by atomic mass is 16.6. The highest BCUT2D eigenvalue weighted by molar-refractivity contribution is 6.04. The van der Waals surface area contributed by atoms with Gasteiger partial charge >= 0.3 is 5.97 Å². The van der Waals surface area contributed by atoms with Crippen molar-refractivity contribution in [1.82, 2.24) is 29.8 Å². The monoisotopic (exact) mass is 603 g/mol. The number of carbonyl (C=O) groups is 3. The number of benzene rings is 2. The summed E-state index contributed by atoms with van der Waals surface area (Å²) < 4.78 is 7.99. The lowest BCUT2D eigenvalue weighted by molar-refractivity contribution is -0.148. The number of nitrogen functional groups attached to an aromatic ring is 1. The fourth-order valence-corrected chi connectivity index (χ4v) is 5.34. The number of aromatic nitrogens is 4. The molecule has 4 heterocycles. The van der Waals surface area contributed by atoms with Crippen LogP contribution >= 0.6 is 0 Å². The lowest BCUT2D eigenvalue weighted by atomic mass is 10.0. The molecular formula is C33H29N7O5. The van der Waals surface area contributed by atoms with Crippen molar-refractivity contribution in [3.63, 3.8) is 0 Å². The summed E-state index contributed by atoms with van der Waals surface area (Å²) in [6.07, 6.45) is 3.39. The third kappa shape index (κ3) is 5.83. The van der Waals surface area contributed by atoms with Crippen molar-refractivity contribution in [3.8, 4) is 17.5 Å². The van der Waals surface area contributed by atoms with Gasteiger partial charge in [-0.1, -0.05) is 42.2 Å². The van der Waals surface area contributed by atoms with Crippen LogP contribution in [0.5, 0.6) is 0 Å². The quantitative estimate of drug-likeness (QED) is 0.145. The van der Waals surface area contributed by atoms with E-state index in [1.54, 1.807) is 36.0 Å². The Morgan fingerprint density at radius 2 is 1.96 bits per heavy atom. The molecule has 3 aromatic heterocycles. The van der Waals surface area contributed by atoms with Gasteiger partial charge in [0, 0.05) is 55.1 Å². The lowest BCUT2D eigenvalue weighted by Gasteiger charge is -2.21. The number of anilines is 1. The smallest absolute Gasteiger partial charge is 0.306 e. The Hall–Kier alpha value is -5.96.